The van der Waals surface area contributed by atoms with Gasteiger partial charge in [-0.2, -0.15) is 0 Å². The average Bonchev–Trinajstić information content (AvgIpc) is 2.90. The van der Waals surface area contributed by atoms with E-state index in [2.05, 4.69) is 15.6 Å². The number of aromatic amines is 1. The zero-order valence-corrected chi connectivity index (χ0v) is 17.1. The predicted octanol–water partition coefficient (Wildman–Crippen LogP) is 3.18. The molecule has 0 saturated heterocycles. The van der Waals surface area contributed by atoms with Crippen molar-refractivity contribution in [3.05, 3.63) is 51.8 Å². The number of aryl methyl sites for hydroxylation is 3. The summed E-state index contributed by atoms with van der Waals surface area (Å²) in [6, 6.07) is 5.73. The minimum absolute atomic E-state index is 0.185. The van der Waals surface area contributed by atoms with Crippen LogP contribution in [0.2, 0.25) is 0 Å². The van der Waals surface area contributed by atoms with Crippen LogP contribution in [0.25, 0.3) is 0 Å². The maximum absolute atomic E-state index is 12.5. The first-order chi connectivity index (χ1) is 13.1. The minimum atomic E-state index is -0.479. The Labute approximate surface area is 164 Å². The van der Waals surface area contributed by atoms with Gasteiger partial charge in [0.25, 0.3) is 5.91 Å². The summed E-state index contributed by atoms with van der Waals surface area (Å²) in [7, 11) is 0. The fraction of sp³-hybridized carbons (Fsp3) is 0.381. The van der Waals surface area contributed by atoms with Gasteiger partial charge in [0, 0.05) is 11.4 Å². The molecule has 7 nitrogen and oxygen atoms in total. The largest absolute Gasteiger partial charge is 0.459 e. The summed E-state index contributed by atoms with van der Waals surface area (Å²) in [6.07, 6.45) is -0.257. The molecule has 2 amide bonds. The summed E-state index contributed by atoms with van der Waals surface area (Å²) in [5, 5.41) is 5.40. The van der Waals surface area contributed by atoms with Crippen LogP contribution in [0.15, 0.2) is 18.2 Å². The van der Waals surface area contributed by atoms with Crippen molar-refractivity contribution in [2.75, 3.05) is 11.9 Å². The van der Waals surface area contributed by atoms with Gasteiger partial charge < -0.3 is 20.4 Å². The highest BCUT2D eigenvalue weighted by Crippen LogP contribution is 2.20. The summed E-state index contributed by atoms with van der Waals surface area (Å²) in [5.74, 6) is -1.26. The second-order valence-corrected chi connectivity index (χ2v) is 7.08. The van der Waals surface area contributed by atoms with E-state index in [1.807, 2.05) is 32.0 Å². The summed E-state index contributed by atoms with van der Waals surface area (Å²) in [6.45, 7) is 10.5. The van der Waals surface area contributed by atoms with E-state index in [4.69, 9.17) is 4.74 Å². The summed E-state index contributed by atoms with van der Waals surface area (Å²) in [5.41, 5.74) is 4.27. The monoisotopic (exact) mass is 385 g/mol. The van der Waals surface area contributed by atoms with Gasteiger partial charge in [-0.05, 0) is 58.2 Å². The van der Waals surface area contributed by atoms with E-state index < -0.39 is 11.9 Å². The highest BCUT2D eigenvalue weighted by atomic mass is 16.5. The Hall–Kier alpha value is -3.09. The number of carbonyl (C=O) groups excluding carboxylic acids is 3. The molecule has 150 valence electrons. The fourth-order valence-electron chi connectivity index (χ4n) is 3.00. The molecule has 0 radical (unpaired) electrons. The van der Waals surface area contributed by atoms with Crippen molar-refractivity contribution in [1.82, 2.24) is 10.3 Å². The molecule has 1 aromatic heterocycles. The lowest BCUT2D eigenvalue weighted by molar-refractivity contribution is -0.115. The van der Waals surface area contributed by atoms with Crippen LogP contribution in [0.5, 0.6) is 0 Å². The van der Waals surface area contributed by atoms with Gasteiger partial charge in [0.2, 0.25) is 5.91 Å². The van der Waals surface area contributed by atoms with Crippen molar-refractivity contribution in [3.63, 3.8) is 0 Å². The van der Waals surface area contributed by atoms with Crippen LogP contribution < -0.4 is 10.6 Å². The molecule has 0 aliphatic heterocycles. The summed E-state index contributed by atoms with van der Waals surface area (Å²) < 4.78 is 5.22. The second-order valence-electron chi connectivity index (χ2n) is 7.08. The van der Waals surface area contributed by atoms with Crippen LogP contribution >= 0.6 is 0 Å². The second kappa shape index (κ2) is 8.73. The van der Waals surface area contributed by atoms with Crippen molar-refractivity contribution in [1.29, 1.82) is 0 Å². The van der Waals surface area contributed by atoms with Crippen molar-refractivity contribution >= 4 is 23.5 Å². The third kappa shape index (κ3) is 4.79. The maximum Gasteiger partial charge on any atom is 0.340 e. The molecule has 0 aliphatic rings. The molecular formula is C21H27N3O4. The molecule has 7 heteroatoms. The molecule has 0 unspecified atom stereocenters. The number of para-hydroxylation sites is 1. The van der Waals surface area contributed by atoms with Crippen molar-refractivity contribution in [3.8, 4) is 0 Å². The van der Waals surface area contributed by atoms with Crippen LogP contribution in [0.4, 0.5) is 5.69 Å². The number of aromatic nitrogens is 1. The lowest BCUT2D eigenvalue weighted by Crippen LogP contribution is -2.33. The molecule has 3 N–H and O–H groups in total. The molecule has 1 aromatic carbocycles. The zero-order chi connectivity index (χ0) is 21.0. The lowest BCUT2D eigenvalue weighted by atomic mass is 10.1. The quantitative estimate of drug-likeness (QED) is 0.665. The van der Waals surface area contributed by atoms with E-state index in [9.17, 15) is 14.4 Å². The Bertz CT molecular complexity index is 892. The number of anilines is 1. The molecule has 0 saturated carbocycles. The Balaban J connectivity index is 2.05. The molecule has 2 rings (SSSR count). The van der Waals surface area contributed by atoms with Gasteiger partial charge in [-0.3, -0.25) is 9.59 Å². The summed E-state index contributed by atoms with van der Waals surface area (Å²) >= 11 is 0. The molecule has 0 spiro atoms. The number of H-pyrrole nitrogens is 1. The number of nitrogens with one attached hydrogen (secondary N) is 3. The molecule has 0 atom stereocenters. The van der Waals surface area contributed by atoms with Crippen molar-refractivity contribution in [2.45, 2.75) is 47.6 Å². The first-order valence-corrected chi connectivity index (χ1v) is 9.16. The van der Waals surface area contributed by atoms with Crippen LogP contribution in [-0.2, 0) is 9.53 Å². The number of carbonyl (C=O) groups is 3. The number of hydrogen-bond donors (Lipinski definition) is 3. The highest BCUT2D eigenvalue weighted by Gasteiger charge is 2.23. The number of amides is 2. The van der Waals surface area contributed by atoms with Gasteiger partial charge in [-0.1, -0.05) is 18.2 Å². The van der Waals surface area contributed by atoms with Gasteiger partial charge in [0.05, 0.1) is 18.2 Å². The Morgan fingerprint density at radius 3 is 2.25 bits per heavy atom. The van der Waals surface area contributed by atoms with Gasteiger partial charge in [0.15, 0.2) is 0 Å². The van der Waals surface area contributed by atoms with E-state index in [1.165, 1.54) is 0 Å². The van der Waals surface area contributed by atoms with Gasteiger partial charge in [-0.15, -0.1) is 0 Å². The Kier molecular flexibility index (Phi) is 6.62. The first kappa shape index (κ1) is 21.2. The number of esters is 1. The highest BCUT2D eigenvalue weighted by molar-refractivity contribution is 6.02. The van der Waals surface area contributed by atoms with Crippen LogP contribution in [-0.4, -0.2) is 35.4 Å². The van der Waals surface area contributed by atoms with Crippen molar-refractivity contribution < 1.29 is 19.1 Å². The number of rotatable bonds is 6. The third-order valence-electron chi connectivity index (χ3n) is 4.37. The first-order valence-electron chi connectivity index (χ1n) is 9.16. The number of benzene rings is 1. The smallest absolute Gasteiger partial charge is 0.340 e. The van der Waals surface area contributed by atoms with Gasteiger partial charge >= 0.3 is 5.97 Å². The standard InChI is InChI=1S/C21H27N3O4/c1-11(2)28-21(27)17-14(5)19(23-15(17)6)20(26)22-10-16(25)24-18-12(3)8-7-9-13(18)4/h7-9,11,23H,10H2,1-6H3,(H,22,26)(H,24,25). The molecule has 0 aliphatic carbocycles. The molecule has 0 fully saturated rings. The number of ether oxygens (including phenoxy) is 1. The van der Waals surface area contributed by atoms with E-state index >= 15 is 0 Å². The Morgan fingerprint density at radius 1 is 1.07 bits per heavy atom. The Morgan fingerprint density at radius 2 is 1.68 bits per heavy atom. The molecule has 28 heavy (non-hydrogen) atoms. The topological polar surface area (TPSA) is 100 Å². The third-order valence-corrected chi connectivity index (χ3v) is 4.37. The van der Waals surface area contributed by atoms with Crippen LogP contribution in [0, 0.1) is 27.7 Å². The van der Waals surface area contributed by atoms with E-state index in [0.29, 0.717) is 16.8 Å². The maximum atomic E-state index is 12.5. The average molecular weight is 385 g/mol. The molecule has 2 aromatic rings. The fourth-order valence-corrected chi connectivity index (χ4v) is 3.00. The van der Waals surface area contributed by atoms with E-state index in [-0.39, 0.29) is 24.2 Å². The SMILES string of the molecule is Cc1cccc(C)c1NC(=O)CNC(=O)c1[nH]c(C)c(C(=O)OC(C)C)c1C. The van der Waals surface area contributed by atoms with E-state index in [0.717, 1.165) is 16.8 Å². The molecule has 0 bridgehead atoms. The van der Waals surface area contributed by atoms with Gasteiger partial charge in [0.1, 0.15) is 5.69 Å². The normalized spacial score (nSPS) is 10.7. The summed E-state index contributed by atoms with van der Waals surface area (Å²) in [4.78, 5) is 39.9. The van der Waals surface area contributed by atoms with Crippen molar-refractivity contribution in [2.24, 2.45) is 0 Å². The van der Waals surface area contributed by atoms with Gasteiger partial charge in [-0.25, -0.2) is 4.79 Å². The van der Waals surface area contributed by atoms with Crippen LogP contribution in [0.3, 0.4) is 0 Å². The molecular weight excluding hydrogens is 358 g/mol. The minimum Gasteiger partial charge on any atom is -0.459 e. The zero-order valence-electron chi connectivity index (χ0n) is 17.1. The predicted molar refractivity (Wildman–Crippen MR) is 108 cm³/mol. The molecule has 1 heterocycles. The lowest BCUT2D eigenvalue weighted by Gasteiger charge is -2.12. The van der Waals surface area contributed by atoms with Crippen LogP contribution in [0.1, 0.15) is 57.1 Å². The van der Waals surface area contributed by atoms with E-state index in [1.54, 1.807) is 27.7 Å². The number of hydrogen-bond acceptors (Lipinski definition) is 4.